The zero-order valence-electron chi connectivity index (χ0n) is 9.22. The summed E-state index contributed by atoms with van der Waals surface area (Å²) >= 11 is 0. The number of rotatable bonds is 1. The van der Waals surface area contributed by atoms with E-state index in [1.807, 2.05) is 20.8 Å². The summed E-state index contributed by atoms with van der Waals surface area (Å²) in [7, 11) is 0. The van der Waals surface area contributed by atoms with Crippen LogP contribution >= 0.6 is 0 Å². The van der Waals surface area contributed by atoms with Crippen molar-refractivity contribution in [1.29, 1.82) is 0 Å². The SMILES string of the molecule is CC(C)(C)OC(=O)[C@@H]1CNCC12CC2. The third-order valence-corrected chi connectivity index (χ3v) is 3.15. The average Bonchev–Trinajstić information content (AvgIpc) is 2.58. The number of carbonyl (C=O) groups is 1. The molecule has 2 rings (SSSR count). The molecule has 1 heterocycles. The highest BCUT2D eigenvalue weighted by molar-refractivity contribution is 5.75. The van der Waals surface area contributed by atoms with Crippen molar-refractivity contribution in [2.75, 3.05) is 13.1 Å². The Labute approximate surface area is 85.2 Å². The van der Waals surface area contributed by atoms with E-state index in [4.69, 9.17) is 4.74 Å². The summed E-state index contributed by atoms with van der Waals surface area (Å²) in [6.45, 7) is 7.57. The maximum absolute atomic E-state index is 11.9. The second-order valence-corrected chi connectivity index (χ2v) is 5.58. The third-order valence-electron chi connectivity index (χ3n) is 3.15. The second kappa shape index (κ2) is 2.96. The molecule has 0 aromatic heterocycles. The van der Waals surface area contributed by atoms with E-state index in [-0.39, 0.29) is 22.9 Å². The lowest BCUT2D eigenvalue weighted by Crippen LogP contribution is -2.32. The van der Waals surface area contributed by atoms with Crippen molar-refractivity contribution in [3.05, 3.63) is 0 Å². The normalized spacial score (nSPS) is 29.2. The molecule has 3 heteroatoms. The molecule has 0 bridgehead atoms. The van der Waals surface area contributed by atoms with Gasteiger partial charge >= 0.3 is 5.97 Å². The Morgan fingerprint density at radius 1 is 1.43 bits per heavy atom. The van der Waals surface area contributed by atoms with Crippen LogP contribution in [0.2, 0.25) is 0 Å². The summed E-state index contributed by atoms with van der Waals surface area (Å²) < 4.78 is 5.42. The van der Waals surface area contributed by atoms with Gasteiger partial charge in [-0.2, -0.15) is 0 Å². The van der Waals surface area contributed by atoms with Crippen LogP contribution in [0.5, 0.6) is 0 Å². The van der Waals surface area contributed by atoms with E-state index in [2.05, 4.69) is 5.32 Å². The molecule has 0 unspecified atom stereocenters. The summed E-state index contributed by atoms with van der Waals surface area (Å²) in [4.78, 5) is 11.9. The fourth-order valence-electron chi connectivity index (χ4n) is 2.20. The predicted octanol–water partition coefficient (Wildman–Crippen LogP) is 1.33. The number of hydrogen-bond donors (Lipinski definition) is 1. The number of ether oxygens (including phenoxy) is 1. The molecule has 1 aliphatic heterocycles. The van der Waals surface area contributed by atoms with Gasteiger partial charge in [0.25, 0.3) is 0 Å². The summed E-state index contributed by atoms with van der Waals surface area (Å²) in [6, 6.07) is 0. The van der Waals surface area contributed by atoms with Gasteiger partial charge in [-0.3, -0.25) is 4.79 Å². The molecule has 1 N–H and O–H groups in total. The van der Waals surface area contributed by atoms with E-state index in [0.29, 0.717) is 0 Å². The molecular formula is C11H19NO2. The van der Waals surface area contributed by atoms with Crippen LogP contribution in [-0.4, -0.2) is 24.7 Å². The van der Waals surface area contributed by atoms with Crippen molar-refractivity contribution in [3.8, 4) is 0 Å². The van der Waals surface area contributed by atoms with Crippen molar-refractivity contribution in [3.63, 3.8) is 0 Å². The van der Waals surface area contributed by atoms with Gasteiger partial charge in [0, 0.05) is 13.1 Å². The second-order valence-electron chi connectivity index (χ2n) is 5.58. The van der Waals surface area contributed by atoms with Crippen LogP contribution in [0, 0.1) is 11.3 Å². The fraction of sp³-hybridized carbons (Fsp3) is 0.909. The van der Waals surface area contributed by atoms with Gasteiger partial charge in [0.1, 0.15) is 5.60 Å². The maximum Gasteiger partial charge on any atom is 0.311 e. The number of nitrogens with one attached hydrogen (secondary N) is 1. The minimum absolute atomic E-state index is 0.0139. The molecule has 3 nitrogen and oxygen atoms in total. The smallest absolute Gasteiger partial charge is 0.311 e. The first kappa shape index (κ1) is 9.97. The van der Waals surface area contributed by atoms with E-state index in [1.165, 1.54) is 12.8 Å². The molecular weight excluding hydrogens is 178 g/mol. The van der Waals surface area contributed by atoms with Gasteiger partial charge in [0.2, 0.25) is 0 Å². The lowest BCUT2D eigenvalue weighted by Gasteiger charge is -2.24. The van der Waals surface area contributed by atoms with Gasteiger partial charge in [-0.25, -0.2) is 0 Å². The molecule has 14 heavy (non-hydrogen) atoms. The number of carbonyl (C=O) groups excluding carboxylic acids is 1. The zero-order valence-corrected chi connectivity index (χ0v) is 9.22. The minimum Gasteiger partial charge on any atom is -0.460 e. The third kappa shape index (κ3) is 1.78. The van der Waals surface area contributed by atoms with Crippen LogP contribution in [0.15, 0.2) is 0 Å². The summed E-state index contributed by atoms with van der Waals surface area (Å²) in [5, 5.41) is 3.29. The fourth-order valence-corrected chi connectivity index (χ4v) is 2.20. The highest BCUT2D eigenvalue weighted by atomic mass is 16.6. The lowest BCUT2D eigenvalue weighted by atomic mass is 9.93. The average molecular weight is 197 g/mol. The van der Waals surface area contributed by atoms with Crippen LogP contribution < -0.4 is 5.32 Å². The largest absolute Gasteiger partial charge is 0.460 e. The number of hydrogen-bond acceptors (Lipinski definition) is 3. The molecule has 1 atom stereocenters. The Kier molecular flexibility index (Phi) is 2.11. The van der Waals surface area contributed by atoms with Crippen molar-refractivity contribution < 1.29 is 9.53 Å². The molecule has 1 saturated heterocycles. The van der Waals surface area contributed by atoms with Gasteiger partial charge in [0.15, 0.2) is 0 Å². The predicted molar refractivity (Wildman–Crippen MR) is 53.9 cm³/mol. The van der Waals surface area contributed by atoms with Gasteiger partial charge in [-0.1, -0.05) is 0 Å². The first-order chi connectivity index (χ1) is 6.43. The molecule has 1 spiro atoms. The molecule has 80 valence electrons. The Morgan fingerprint density at radius 2 is 2.07 bits per heavy atom. The van der Waals surface area contributed by atoms with Gasteiger partial charge in [0.05, 0.1) is 5.92 Å². The first-order valence-corrected chi connectivity index (χ1v) is 5.37. The molecule has 1 aliphatic carbocycles. The van der Waals surface area contributed by atoms with Crippen LogP contribution in [-0.2, 0) is 9.53 Å². The highest BCUT2D eigenvalue weighted by Crippen LogP contribution is 2.54. The molecule has 0 amide bonds. The molecule has 2 aliphatic rings. The van der Waals surface area contributed by atoms with Crippen LogP contribution in [0.3, 0.4) is 0 Å². The molecule has 0 aromatic carbocycles. The van der Waals surface area contributed by atoms with Crippen LogP contribution in [0.4, 0.5) is 0 Å². The van der Waals surface area contributed by atoms with Gasteiger partial charge < -0.3 is 10.1 Å². The maximum atomic E-state index is 11.9. The summed E-state index contributed by atoms with van der Waals surface area (Å²) in [5.41, 5.74) is -0.0852. The monoisotopic (exact) mass is 197 g/mol. The van der Waals surface area contributed by atoms with Gasteiger partial charge in [-0.15, -0.1) is 0 Å². The van der Waals surface area contributed by atoms with Crippen LogP contribution in [0.25, 0.3) is 0 Å². The van der Waals surface area contributed by atoms with E-state index >= 15 is 0 Å². The molecule has 0 aromatic rings. The van der Waals surface area contributed by atoms with E-state index in [1.54, 1.807) is 0 Å². The van der Waals surface area contributed by atoms with Gasteiger partial charge in [-0.05, 0) is 39.0 Å². The Bertz CT molecular complexity index is 251. The molecule has 0 radical (unpaired) electrons. The van der Waals surface area contributed by atoms with E-state index in [0.717, 1.165) is 13.1 Å². The Balaban J connectivity index is 1.98. The minimum atomic E-state index is -0.351. The van der Waals surface area contributed by atoms with E-state index < -0.39 is 0 Å². The van der Waals surface area contributed by atoms with Crippen LogP contribution in [0.1, 0.15) is 33.6 Å². The first-order valence-electron chi connectivity index (χ1n) is 5.37. The Hall–Kier alpha value is -0.570. The van der Waals surface area contributed by atoms with Crippen molar-refractivity contribution in [1.82, 2.24) is 5.32 Å². The quantitative estimate of drug-likeness (QED) is 0.644. The standard InChI is InChI=1S/C11H19NO2/c1-10(2,3)14-9(13)8-6-12-7-11(8)4-5-11/h8,12H,4-7H2,1-3H3/t8-/m0/s1. The molecule has 1 saturated carbocycles. The Morgan fingerprint density at radius 3 is 2.57 bits per heavy atom. The molecule has 2 fully saturated rings. The van der Waals surface area contributed by atoms with E-state index in [9.17, 15) is 4.79 Å². The topological polar surface area (TPSA) is 38.3 Å². The van der Waals surface area contributed by atoms with Crippen molar-refractivity contribution >= 4 is 5.97 Å². The highest BCUT2D eigenvalue weighted by Gasteiger charge is 2.56. The van der Waals surface area contributed by atoms with Crippen molar-refractivity contribution in [2.24, 2.45) is 11.3 Å². The summed E-state index contributed by atoms with van der Waals surface area (Å²) in [6.07, 6.45) is 2.37. The zero-order chi connectivity index (χ0) is 10.4. The number of esters is 1. The summed E-state index contributed by atoms with van der Waals surface area (Å²) in [5.74, 6) is 0.0849. The lowest BCUT2D eigenvalue weighted by molar-refractivity contribution is -0.161. The van der Waals surface area contributed by atoms with Crippen molar-refractivity contribution in [2.45, 2.75) is 39.2 Å².